The van der Waals surface area contributed by atoms with Gasteiger partial charge in [0.1, 0.15) is 11.1 Å². The number of nitrogens with zero attached hydrogens (tertiary/aromatic N) is 3. The standard InChI is InChI=1S/C25H21N3OS/c26-15-18-14-17-8-2-1-3-11-21(17)27-25(18)30-16-24(29)28-22-12-6-4-9-19(22)20-10-5-7-13-23(20)28/h4-7,9-10,12-14H,1-3,8,11,16H2. The molecule has 4 nitrogen and oxygen atoms in total. The van der Waals surface area contributed by atoms with Crippen LogP contribution in [0.4, 0.5) is 0 Å². The fourth-order valence-electron chi connectivity index (χ4n) is 4.37. The van der Waals surface area contributed by atoms with Crippen molar-refractivity contribution in [1.29, 1.82) is 5.26 Å². The van der Waals surface area contributed by atoms with Crippen molar-refractivity contribution in [2.45, 2.75) is 37.1 Å². The van der Waals surface area contributed by atoms with E-state index in [-0.39, 0.29) is 11.7 Å². The van der Waals surface area contributed by atoms with Crippen LogP contribution < -0.4 is 0 Å². The molecule has 0 radical (unpaired) electrons. The molecule has 0 bridgehead atoms. The minimum absolute atomic E-state index is 0.00182. The van der Waals surface area contributed by atoms with Crippen LogP contribution in [0.15, 0.2) is 59.6 Å². The summed E-state index contributed by atoms with van der Waals surface area (Å²) in [5.41, 5.74) is 4.70. The van der Waals surface area contributed by atoms with Crippen LogP contribution in [-0.4, -0.2) is 21.2 Å². The summed E-state index contributed by atoms with van der Waals surface area (Å²) < 4.78 is 1.80. The Morgan fingerprint density at radius 1 is 1.00 bits per heavy atom. The van der Waals surface area contributed by atoms with Gasteiger partial charge in [0.05, 0.1) is 22.3 Å². The number of carbonyl (C=O) groups excluding carboxylic acids is 1. The molecule has 4 aromatic rings. The molecule has 0 unspecified atom stereocenters. The summed E-state index contributed by atoms with van der Waals surface area (Å²) in [6, 6.07) is 20.3. The molecular weight excluding hydrogens is 390 g/mol. The molecule has 0 atom stereocenters. The lowest BCUT2D eigenvalue weighted by Gasteiger charge is -2.10. The van der Waals surface area contributed by atoms with Crippen molar-refractivity contribution >= 4 is 39.5 Å². The van der Waals surface area contributed by atoms with Gasteiger partial charge in [0.15, 0.2) is 0 Å². The second kappa shape index (κ2) is 7.97. The van der Waals surface area contributed by atoms with Crippen LogP contribution in [0.2, 0.25) is 0 Å². The molecule has 148 valence electrons. The van der Waals surface area contributed by atoms with Gasteiger partial charge in [-0.05, 0) is 49.4 Å². The van der Waals surface area contributed by atoms with Crippen molar-refractivity contribution < 1.29 is 4.79 Å². The summed E-state index contributed by atoms with van der Waals surface area (Å²) >= 11 is 1.37. The molecule has 1 aliphatic carbocycles. The largest absolute Gasteiger partial charge is 0.279 e. The summed E-state index contributed by atoms with van der Waals surface area (Å²) in [6.07, 6.45) is 5.43. The molecule has 5 rings (SSSR count). The lowest BCUT2D eigenvalue weighted by molar-refractivity contribution is 0.0951. The topological polar surface area (TPSA) is 58.7 Å². The average Bonchev–Trinajstić information content (AvgIpc) is 2.94. The molecule has 5 heteroatoms. The van der Waals surface area contributed by atoms with E-state index in [2.05, 4.69) is 18.2 Å². The van der Waals surface area contributed by atoms with Gasteiger partial charge in [-0.2, -0.15) is 5.26 Å². The first kappa shape index (κ1) is 18.9. The molecular formula is C25H21N3OS. The summed E-state index contributed by atoms with van der Waals surface area (Å²) in [4.78, 5) is 18.1. The van der Waals surface area contributed by atoms with E-state index in [0.717, 1.165) is 53.2 Å². The van der Waals surface area contributed by atoms with Gasteiger partial charge in [0.25, 0.3) is 0 Å². The van der Waals surface area contributed by atoms with Gasteiger partial charge >= 0.3 is 0 Å². The maximum absolute atomic E-state index is 13.3. The molecule has 1 aliphatic rings. The average molecular weight is 412 g/mol. The predicted octanol–water partition coefficient (Wildman–Crippen LogP) is 5.76. The van der Waals surface area contributed by atoms with Crippen molar-refractivity contribution in [3.63, 3.8) is 0 Å². The number of carbonyl (C=O) groups is 1. The van der Waals surface area contributed by atoms with Gasteiger partial charge in [-0.15, -0.1) is 0 Å². The number of aromatic nitrogens is 2. The van der Waals surface area contributed by atoms with Crippen LogP contribution in [0.5, 0.6) is 0 Å². The number of aryl methyl sites for hydroxylation is 2. The Morgan fingerprint density at radius 2 is 1.67 bits per heavy atom. The lowest BCUT2D eigenvalue weighted by atomic mass is 10.1. The molecule has 2 aromatic heterocycles. The number of para-hydroxylation sites is 2. The minimum atomic E-state index is -0.00182. The van der Waals surface area contributed by atoms with Gasteiger partial charge in [-0.1, -0.05) is 54.6 Å². The monoisotopic (exact) mass is 411 g/mol. The Hall–Kier alpha value is -3.10. The first-order valence-corrected chi connectivity index (χ1v) is 11.3. The van der Waals surface area contributed by atoms with Crippen LogP contribution in [0, 0.1) is 11.3 Å². The number of rotatable bonds is 3. The van der Waals surface area contributed by atoms with Gasteiger partial charge in [-0.25, -0.2) is 4.98 Å². The molecule has 0 spiro atoms. The number of thioether (sulfide) groups is 1. The molecule has 0 fully saturated rings. The molecule has 0 saturated carbocycles. The highest BCUT2D eigenvalue weighted by Gasteiger charge is 2.18. The maximum Gasteiger partial charge on any atom is 0.241 e. The Kier molecular flexibility index (Phi) is 5.02. The highest BCUT2D eigenvalue weighted by Crippen LogP contribution is 2.31. The zero-order valence-corrected chi connectivity index (χ0v) is 17.4. The third-order valence-electron chi connectivity index (χ3n) is 5.80. The van der Waals surface area contributed by atoms with Crippen LogP contribution in [0.3, 0.4) is 0 Å². The third kappa shape index (κ3) is 3.28. The molecule has 2 heterocycles. The third-order valence-corrected chi connectivity index (χ3v) is 6.77. The molecule has 0 N–H and O–H groups in total. The first-order chi connectivity index (χ1) is 14.8. The fraction of sp³-hybridized carbons (Fsp3) is 0.240. The Morgan fingerprint density at radius 3 is 2.37 bits per heavy atom. The summed E-state index contributed by atoms with van der Waals surface area (Å²) in [6.45, 7) is 0. The number of nitriles is 1. The van der Waals surface area contributed by atoms with E-state index in [1.54, 1.807) is 4.57 Å². The lowest BCUT2D eigenvalue weighted by Crippen LogP contribution is -2.13. The van der Waals surface area contributed by atoms with Crippen molar-refractivity contribution in [2.75, 3.05) is 5.75 Å². The van der Waals surface area contributed by atoms with Crippen LogP contribution in [0.25, 0.3) is 21.8 Å². The summed E-state index contributed by atoms with van der Waals surface area (Å²) in [5, 5.41) is 12.5. The number of hydrogen-bond donors (Lipinski definition) is 0. The van der Waals surface area contributed by atoms with Gasteiger partial charge in [0.2, 0.25) is 5.91 Å². The molecule has 0 amide bonds. The van der Waals surface area contributed by atoms with Crippen LogP contribution in [0.1, 0.15) is 40.9 Å². The van der Waals surface area contributed by atoms with Gasteiger partial charge in [-0.3, -0.25) is 9.36 Å². The minimum Gasteiger partial charge on any atom is -0.279 e. The van der Waals surface area contributed by atoms with Crippen LogP contribution >= 0.6 is 11.8 Å². The Balaban J connectivity index is 1.49. The number of hydrogen-bond acceptors (Lipinski definition) is 4. The van der Waals surface area contributed by atoms with Crippen molar-refractivity contribution in [2.24, 2.45) is 0 Å². The summed E-state index contributed by atoms with van der Waals surface area (Å²) in [7, 11) is 0. The van der Waals surface area contributed by atoms with Crippen molar-refractivity contribution in [1.82, 2.24) is 9.55 Å². The zero-order chi connectivity index (χ0) is 20.5. The first-order valence-electron chi connectivity index (χ1n) is 10.3. The predicted molar refractivity (Wildman–Crippen MR) is 121 cm³/mol. The zero-order valence-electron chi connectivity index (χ0n) is 16.6. The Labute approximate surface area is 179 Å². The normalized spacial score (nSPS) is 13.7. The summed E-state index contributed by atoms with van der Waals surface area (Å²) in [5.74, 6) is 0.237. The van der Waals surface area contributed by atoms with Gasteiger partial charge < -0.3 is 0 Å². The highest BCUT2D eigenvalue weighted by atomic mass is 32.2. The second-order valence-corrected chi connectivity index (χ2v) is 8.64. The van der Waals surface area contributed by atoms with Crippen LogP contribution in [-0.2, 0) is 12.8 Å². The van der Waals surface area contributed by atoms with Crippen molar-refractivity contribution in [3.8, 4) is 6.07 Å². The van der Waals surface area contributed by atoms with E-state index >= 15 is 0 Å². The maximum atomic E-state index is 13.3. The highest BCUT2D eigenvalue weighted by molar-refractivity contribution is 8.00. The van der Waals surface area contributed by atoms with E-state index in [4.69, 9.17) is 4.98 Å². The molecule has 2 aromatic carbocycles. The number of benzene rings is 2. The molecule has 0 aliphatic heterocycles. The number of pyridine rings is 1. The number of fused-ring (bicyclic) bond motifs is 4. The van der Waals surface area contributed by atoms with E-state index < -0.39 is 0 Å². The van der Waals surface area contributed by atoms with E-state index in [9.17, 15) is 10.1 Å². The van der Waals surface area contributed by atoms with E-state index in [1.807, 2.05) is 42.5 Å². The van der Waals surface area contributed by atoms with Crippen molar-refractivity contribution in [3.05, 3.63) is 71.4 Å². The van der Waals surface area contributed by atoms with E-state index in [0.29, 0.717) is 10.6 Å². The second-order valence-electron chi connectivity index (χ2n) is 7.67. The quantitative estimate of drug-likeness (QED) is 0.317. The molecule has 30 heavy (non-hydrogen) atoms. The van der Waals surface area contributed by atoms with Gasteiger partial charge in [0, 0.05) is 16.5 Å². The molecule has 0 saturated heterocycles. The van der Waals surface area contributed by atoms with E-state index in [1.165, 1.54) is 23.7 Å². The smallest absolute Gasteiger partial charge is 0.241 e. The SMILES string of the molecule is N#Cc1cc2c(nc1SCC(=O)n1c3ccccc3c3ccccc31)CCCCC2. The Bertz CT molecular complexity index is 1260. The fourth-order valence-corrected chi connectivity index (χ4v) is 5.19.